The molecule has 98 valence electrons. The second-order valence-electron chi connectivity index (χ2n) is 4.79. The summed E-state index contributed by atoms with van der Waals surface area (Å²) in [5.41, 5.74) is 0.974. The number of aliphatic hydroxyl groups is 1. The Morgan fingerprint density at radius 3 is 2.65 bits per heavy atom. The molecule has 2 atom stereocenters. The molecular formula is C14H26N2O. The molecule has 0 spiro atoms. The summed E-state index contributed by atoms with van der Waals surface area (Å²) in [4.78, 5) is 0. The number of hydrogen-bond acceptors (Lipinski definition) is 2. The zero-order chi connectivity index (χ0) is 12.7. The number of rotatable bonds is 8. The third kappa shape index (κ3) is 4.15. The molecule has 0 aliphatic rings. The lowest BCUT2D eigenvalue weighted by atomic mass is 9.90. The highest BCUT2D eigenvalue weighted by Crippen LogP contribution is 2.28. The third-order valence-electron chi connectivity index (χ3n) is 3.35. The molecule has 0 aliphatic carbocycles. The lowest BCUT2D eigenvalue weighted by Crippen LogP contribution is -2.11. The smallest absolute Gasteiger partial charge is 0.0848 e. The molecule has 0 fully saturated rings. The van der Waals surface area contributed by atoms with Gasteiger partial charge in [0, 0.05) is 18.3 Å². The topological polar surface area (TPSA) is 38.1 Å². The minimum Gasteiger partial charge on any atom is -0.388 e. The molecule has 1 rings (SSSR count). The van der Waals surface area contributed by atoms with E-state index in [4.69, 9.17) is 0 Å². The van der Waals surface area contributed by atoms with Crippen molar-refractivity contribution < 1.29 is 5.11 Å². The van der Waals surface area contributed by atoms with E-state index in [1.807, 2.05) is 17.1 Å². The van der Waals surface area contributed by atoms with Crippen LogP contribution in [0.5, 0.6) is 0 Å². The molecule has 0 radical (unpaired) electrons. The van der Waals surface area contributed by atoms with Crippen molar-refractivity contribution in [3.63, 3.8) is 0 Å². The van der Waals surface area contributed by atoms with Crippen molar-refractivity contribution in [2.45, 2.75) is 65.5 Å². The van der Waals surface area contributed by atoms with Gasteiger partial charge in [-0.15, -0.1) is 0 Å². The van der Waals surface area contributed by atoms with Crippen LogP contribution in [0.15, 0.2) is 12.4 Å². The Balaban J connectivity index is 2.61. The van der Waals surface area contributed by atoms with Gasteiger partial charge < -0.3 is 5.11 Å². The van der Waals surface area contributed by atoms with E-state index in [1.165, 1.54) is 12.8 Å². The van der Waals surface area contributed by atoms with Crippen molar-refractivity contribution in [1.82, 2.24) is 9.78 Å². The lowest BCUT2D eigenvalue weighted by molar-refractivity contribution is 0.0988. The molecule has 0 saturated heterocycles. The maximum absolute atomic E-state index is 10.3. The molecule has 1 aromatic heterocycles. The summed E-state index contributed by atoms with van der Waals surface area (Å²) < 4.78 is 1.92. The summed E-state index contributed by atoms with van der Waals surface area (Å²) in [7, 11) is 0. The van der Waals surface area contributed by atoms with Gasteiger partial charge in [0.25, 0.3) is 0 Å². The lowest BCUT2D eigenvalue weighted by Gasteiger charge is -2.20. The number of aryl methyl sites for hydroxylation is 1. The summed E-state index contributed by atoms with van der Waals surface area (Å²) in [5.74, 6) is 0.370. The molecule has 0 saturated carbocycles. The normalized spacial score (nSPS) is 14.8. The van der Waals surface area contributed by atoms with Gasteiger partial charge >= 0.3 is 0 Å². The molecular weight excluding hydrogens is 212 g/mol. The van der Waals surface area contributed by atoms with Crippen LogP contribution in [0.3, 0.4) is 0 Å². The number of nitrogens with zero attached hydrogens (tertiary/aromatic N) is 2. The van der Waals surface area contributed by atoms with E-state index in [1.54, 1.807) is 0 Å². The molecule has 1 N–H and O–H groups in total. The van der Waals surface area contributed by atoms with Crippen LogP contribution in [0.4, 0.5) is 0 Å². The van der Waals surface area contributed by atoms with Crippen molar-refractivity contribution >= 4 is 0 Å². The monoisotopic (exact) mass is 238 g/mol. The summed E-state index contributed by atoms with van der Waals surface area (Å²) >= 11 is 0. The van der Waals surface area contributed by atoms with Crippen LogP contribution in [-0.4, -0.2) is 14.9 Å². The maximum atomic E-state index is 10.3. The van der Waals surface area contributed by atoms with Crippen molar-refractivity contribution in [3.8, 4) is 0 Å². The summed E-state index contributed by atoms with van der Waals surface area (Å²) in [6, 6.07) is 0. The van der Waals surface area contributed by atoms with Crippen molar-refractivity contribution in [2.75, 3.05) is 0 Å². The Kier molecular flexibility index (Phi) is 6.27. The summed E-state index contributed by atoms with van der Waals surface area (Å²) in [5, 5.41) is 14.6. The van der Waals surface area contributed by atoms with E-state index in [0.29, 0.717) is 5.92 Å². The van der Waals surface area contributed by atoms with E-state index < -0.39 is 0 Å². The number of hydrogen-bond donors (Lipinski definition) is 1. The zero-order valence-corrected chi connectivity index (χ0v) is 11.4. The van der Waals surface area contributed by atoms with Crippen molar-refractivity contribution in [3.05, 3.63) is 18.0 Å². The molecule has 3 nitrogen and oxygen atoms in total. The first-order valence-corrected chi connectivity index (χ1v) is 6.93. The maximum Gasteiger partial charge on any atom is 0.0848 e. The summed E-state index contributed by atoms with van der Waals surface area (Å²) in [6.07, 6.45) is 9.05. The molecule has 1 aromatic rings. The fraction of sp³-hybridized carbons (Fsp3) is 0.786. The fourth-order valence-corrected chi connectivity index (χ4v) is 2.21. The predicted molar refractivity (Wildman–Crippen MR) is 70.8 cm³/mol. The average molecular weight is 238 g/mol. The summed E-state index contributed by atoms with van der Waals surface area (Å²) in [6.45, 7) is 7.41. The molecule has 3 heteroatoms. The third-order valence-corrected chi connectivity index (χ3v) is 3.35. The molecule has 2 unspecified atom stereocenters. The van der Waals surface area contributed by atoms with Gasteiger partial charge in [-0.25, -0.2) is 0 Å². The van der Waals surface area contributed by atoms with Gasteiger partial charge in [0.15, 0.2) is 0 Å². The standard InChI is InChI=1S/C14H26N2O/c1-4-7-8-12(6-3)14(17)13-10-15-16(11-13)9-5-2/h10-12,14,17H,4-9H2,1-3H3. The van der Waals surface area contributed by atoms with Crippen molar-refractivity contribution in [2.24, 2.45) is 5.92 Å². The molecule has 0 amide bonds. The largest absolute Gasteiger partial charge is 0.388 e. The molecule has 17 heavy (non-hydrogen) atoms. The fourth-order valence-electron chi connectivity index (χ4n) is 2.21. The Labute approximate surface area is 105 Å². The zero-order valence-electron chi connectivity index (χ0n) is 11.4. The average Bonchev–Trinajstić information content (AvgIpc) is 2.79. The van der Waals surface area contributed by atoms with Gasteiger partial charge in [-0.2, -0.15) is 5.10 Å². The highest BCUT2D eigenvalue weighted by atomic mass is 16.3. The van der Waals surface area contributed by atoms with Crippen LogP contribution >= 0.6 is 0 Å². The van der Waals surface area contributed by atoms with Gasteiger partial charge in [-0.05, 0) is 18.8 Å². The predicted octanol–water partition coefficient (Wildman–Crippen LogP) is 3.54. The molecule has 0 aromatic carbocycles. The first kappa shape index (κ1) is 14.2. The van der Waals surface area contributed by atoms with Crippen LogP contribution in [-0.2, 0) is 6.54 Å². The number of aliphatic hydroxyl groups excluding tert-OH is 1. The van der Waals surface area contributed by atoms with Crippen molar-refractivity contribution in [1.29, 1.82) is 0 Å². The van der Waals surface area contributed by atoms with E-state index in [0.717, 1.165) is 31.4 Å². The minimum absolute atomic E-state index is 0.350. The minimum atomic E-state index is -0.350. The van der Waals surface area contributed by atoms with E-state index >= 15 is 0 Å². The van der Waals surface area contributed by atoms with Crippen LogP contribution in [0.1, 0.15) is 64.5 Å². The second-order valence-corrected chi connectivity index (χ2v) is 4.79. The van der Waals surface area contributed by atoms with Crippen LogP contribution in [0.2, 0.25) is 0 Å². The number of unbranched alkanes of at least 4 members (excludes halogenated alkanes) is 1. The van der Waals surface area contributed by atoms with Gasteiger partial charge in [0.2, 0.25) is 0 Å². The van der Waals surface area contributed by atoms with Gasteiger partial charge in [-0.3, -0.25) is 4.68 Å². The highest BCUT2D eigenvalue weighted by Gasteiger charge is 2.20. The van der Waals surface area contributed by atoms with Gasteiger partial charge in [0.1, 0.15) is 0 Å². The number of aromatic nitrogens is 2. The highest BCUT2D eigenvalue weighted by molar-refractivity contribution is 5.09. The second kappa shape index (κ2) is 7.49. The van der Waals surface area contributed by atoms with Gasteiger partial charge in [0.05, 0.1) is 12.3 Å². The van der Waals surface area contributed by atoms with Crippen LogP contribution in [0.25, 0.3) is 0 Å². The molecule has 0 aliphatic heterocycles. The Bertz CT molecular complexity index is 309. The van der Waals surface area contributed by atoms with Crippen LogP contribution in [0, 0.1) is 5.92 Å². The first-order chi connectivity index (χ1) is 8.22. The Hall–Kier alpha value is -0.830. The SMILES string of the molecule is CCCCC(CC)C(O)c1cnn(CCC)c1. The Morgan fingerprint density at radius 2 is 2.06 bits per heavy atom. The quantitative estimate of drug-likeness (QED) is 0.752. The molecule has 1 heterocycles. The van der Waals surface area contributed by atoms with Gasteiger partial charge in [-0.1, -0.05) is 40.0 Å². The van der Waals surface area contributed by atoms with E-state index in [9.17, 15) is 5.11 Å². The van der Waals surface area contributed by atoms with E-state index in [-0.39, 0.29) is 6.10 Å². The molecule has 0 bridgehead atoms. The van der Waals surface area contributed by atoms with E-state index in [2.05, 4.69) is 25.9 Å². The Morgan fingerprint density at radius 1 is 1.29 bits per heavy atom. The van der Waals surface area contributed by atoms with Crippen LogP contribution < -0.4 is 0 Å². The first-order valence-electron chi connectivity index (χ1n) is 6.93.